The lowest BCUT2D eigenvalue weighted by molar-refractivity contribution is -0.141. The van der Waals surface area contributed by atoms with Gasteiger partial charge in [-0.05, 0) is 54.8 Å². The SMILES string of the molecule is COCC(=O)N1CCC(C(=O)N2CC(c3ccc(Cl)c(Cl)c3)C(N(C)C(=O)Oc3ccc(F)cc3)C2)CC1. The molecule has 3 amide bonds. The van der Waals surface area contributed by atoms with E-state index in [0.717, 1.165) is 5.56 Å². The Balaban J connectivity index is 1.49. The van der Waals surface area contributed by atoms with Gasteiger partial charge in [0.2, 0.25) is 11.8 Å². The Morgan fingerprint density at radius 2 is 1.68 bits per heavy atom. The minimum Gasteiger partial charge on any atom is -0.410 e. The molecule has 0 spiro atoms. The van der Waals surface area contributed by atoms with Gasteiger partial charge >= 0.3 is 6.09 Å². The summed E-state index contributed by atoms with van der Waals surface area (Å²) in [5, 5.41) is 0.800. The van der Waals surface area contributed by atoms with E-state index in [-0.39, 0.29) is 36.0 Å². The van der Waals surface area contributed by atoms with Crippen LogP contribution in [0.3, 0.4) is 0 Å². The van der Waals surface area contributed by atoms with Crippen molar-refractivity contribution in [2.45, 2.75) is 24.8 Å². The number of carbonyl (C=O) groups is 3. The first-order chi connectivity index (χ1) is 18.2. The van der Waals surface area contributed by atoms with Gasteiger partial charge in [-0.3, -0.25) is 9.59 Å². The Labute approximate surface area is 231 Å². The molecule has 0 aromatic heterocycles. The topological polar surface area (TPSA) is 79.4 Å². The molecule has 2 aliphatic heterocycles. The van der Waals surface area contributed by atoms with Crippen molar-refractivity contribution < 1.29 is 28.2 Å². The van der Waals surface area contributed by atoms with Crippen molar-refractivity contribution in [3.8, 4) is 5.75 Å². The van der Waals surface area contributed by atoms with Crippen molar-refractivity contribution in [2.24, 2.45) is 5.92 Å². The number of likely N-dealkylation sites (tertiary alicyclic amines) is 2. The molecule has 0 bridgehead atoms. The van der Waals surface area contributed by atoms with Crippen molar-refractivity contribution in [1.29, 1.82) is 0 Å². The van der Waals surface area contributed by atoms with Crippen LogP contribution in [0.5, 0.6) is 5.75 Å². The van der Waals surface area contributed by atoms with Gasteiger partial charge in [0, 0.05) is 52.2 Å². The van der Waals surface area contributed by atoms with E-state index < -0.39 is 18.0 Å². The molecule has 38 heavy (non-hydrogen) atoms. The summed E-state index contributed by atoms with van der Waals surface area (Å²) in [6, 6.07) is 10.1. The normalized spacial score (nSPS) is 19.9. The molecule has 0 radical (unpaired) electrons. The largest absolute Gasteiger partial charge is 0.415 e. The molecular weight excluding hydrogens is 536 g/mol. The van der Waals surface area contributed by atoms with Crippen LogP contribution in [0.25, 0.3) is 0 Å². The fourth-order valence-corrected chi connectivity index (χ4v) is 5.40. The van der Waals surface area contributed by atoms with Gasteiger partial charge in [-0.25, -0.2) is 9.18 Å². The third-order valence-electron chi connectivity index (χ3n) is 7.24. The van der Waals surface area contributed by atoms with Gasteiger partial charge in [0.05, 0.1) is 16.1 Å². The van der Waals surface area contributed by atoms with Crippen molar-refractivity contribution in [2.75, 3.05) is 46.9 Å². The molecule has 2 aliphatic rings. The van der Waals surface area contributed by atoms with Gasteiger partial charge < -0.3 is 24.2 Å². The molecule has 2 atom stereocenters. The number of hydrogen-bond acceptors (Lipinski definition) is 5. The fraction of sp³-hybridized carbons (Fsp3) is 0.444. The Hall–Kier alpha value is -2.88. The Bertz CT molecular complexity index is 1170. The van der Waals surface area contributed by atoms with E-state index in [9.17, 15) is 18.8 Å². The minimum absolute atomic E-state index is 0.00305. The average molecular weight is 566 g/mol. The quantitative estimate of drug-likeness (QED) is 0.517. The van der Waals surface area contributed by atoms with E-state index >= 15 is 0 Å². The van der Waals surface area contributed by atoms with Gasteiger partial charge in [0.25, 0.3) is 0 Å². The van der Waals surface area contributed by atoms with E-state index in [0.29, 0.717) is 49.1 Å². The molecule has 2 heterocycles. The highest BCUT2D eigenvalue weighted by Gasteiger charge is 2.42. The summed E-state index contributed by atoms with van der Waals surface area (Å²) in [7, 11) is 3.10. The van der Waals surface area contributed by atoms with Crippen LogP contribution < -0.4 is 4.74 Å². The lowest BCUT2D eigenvalue weighted by atomic mass is 9.93. The predicted octanol–water partition coefficient (Wildman–Crippen LogP) is 4.44. The standard InChI is InChI=1S/C27H30Cl2FN3O5/c1-31(27(36)38-20-6-4-19(30)5-7-20)24-15-33(14-21(24)18-3-8-22(28)23(29)13-18)26(35)17-9-11-32(12-10-17)25(34)16-37-2/h3-8,13,17,21,24H,9-12,14-16H2,1-2H3. The van der Waals surface area contributed by atoms with E-state index in [1.54, 1.807) is 29.0 Å². The second-order valence-electron chi connectivity index (χ2n) is 9.61. The van der Waals surface area contributed by atoms with Crippen molar-refractivity contribution in [3.05, 3.63) is 63.9 Å². The summed E-state index contributed by atoms with van der Waals surface area (Å²) in [5.74, 6) is -0.752. The van der Waals surface area contributed by atoms with Gasteiger partial charge in [0.15, 0.2) is 0 Å². The van der Waals surface area contributed by atoms with Crippen LogP contribution >= 0.6 is 23.2 Å². The summed E-state index contributed by atoms with van der Waals surface area (Å²) >= 11 is 12.4. The summed E-state index contributed by atoms with van der Waals surface area (Å²) in [6.45, 7) is 1.71. The summed E-state index contributed by atoms with van der Waals surface area (Å²) in [5.41, 5.74) is 0.848. The van der Waals surface area contributed by atoms with Crippen LogP contribution in [0, 0.1) is 11.7 Å². The molecule has 4 rings (SSSR count). The van der Waals surface area contributed by atoms with E-state index in [1.807, 2.05) is 6.07 Å². The maximum Gasteiger partial charge on any atom is 0.415 e. The maximum atomic E-state index is 13.5. The fourth-order valence-electron chi connectivity index (χ4n) is 5.09. The highest BCUT2D eigenvalue weighted by molar-refractivity contribution is 6.42. The second kappa shape index (κ2) is 12.3. The zero-order chi connectivity index (χ0) is 27.4. The molecule has 2 saturated heterocycles. The molecule has 2 fully saturated rings. The highest BCUT2D eigenvalue weighted by atomic mass is 35.5. The number of halogens is 3. The lowest BCUT2D eigenvalue weighted by Gasteiger charge is -2.33. The van der Waals surface area contributed by atoms with E-state index in [1.165, 1.54) is 36.3 Å². The Morgan fingerprint density at radius 1 is 1.00 bits per heavy atom. The molecule has 8 nitrogen and oxygen atoms in total. The predicted molar refractivity (Wildman–Crippen MR) is 141 cm³/mol. The maximum absolute atomic E-state index is 13.5. The number of likely N-dealkylation sites (N-methyl/N-ethyl adjacent to an activating group) is 1. The monoisotopic (exact) mass is 565 g/mol. The van der Waals surface area contributed by atoms with Gasteiger partial charge in [-0.2, -0.15) is 0 Å². The van der Waals surface area contributed by atoms with Crippen molar-refractivity contribution in [3.63, 3.8) is 0 Å². The Morgan fingerprint density at radius 3 is 2.32 bits per heavy atom. The van der Waals surface area contributed by atoms with Crippen LogP contribution in [-0.4, -0.2) is 85.6 Å². The number of methoxy groups -OCH3 is 1. The average Bonchev–Trinajstić information content (AvgIpc) is 3.36. The van der Waals surface area contributed by atoms with E-state index in [4.69, 9.17) is 32.7 Å². The van der Waals surface area contributed by atoms with Crippen LogP contribution in [0.1, 0.15) is 24.3 Å². The third-order valence-corrected chi connectivity index (χ3v) is 7.98. The smallest absolute Gasteiger partial charge is 0.410 e. The van der Waals surface area contributed by atoms with Crippen LogP contribution in [0.15, 0.2) is 42.5 Å². The number of rotatable bonds is 6. The van der Waals surface area contributed by atoms with Gasteiger partial charge in [-0.1, -0.05) is 29.3 Å². The highest BCUT2D eigenvalue weighted by Crippen LogP contribution is 2.36. The summed E-state index contributed by atoms with van der Waals surface area (Å²) in [6.07, 6.45) is 0.510. The molecular formula is C27H30Cl2FN3O5. The van der Waals surface area contributed by atoms with Crippen LogP contribution in [-0.2, 0) is 14.3 Å². The molecule has 2 aromatic rings. The van der Waals surface area contributed by atoms with Crippen molar-refractivity contribution in [1.82, 2.24) is 14.7 Å². The molecule has 2 unspecified atom stereocenters. The second-order valence-corrected chi connectivity index (χ2v) is 10.4. The van der Waals surface area contributed by atoms with Crippen molar-refractivity contribution >= 4 is 41.1 Å². The minimum atomic E-state index is -0.620. The summed E-state index contributed by atoms with van der Waals surface area (Å²) in [4.78, 5) is 43.7. The number of carbonyl (C=O) groups excluding carboxylic acids is 3. The first-order valence-corrected chi connectivity index (χ1v) is 13.1. The van der Waals surface area contributed by atoms with Crippen LogP contribution in [0.4, 0.5) is 9.18 Å². The zero-order valence-corrected chi connectivity index (χ0v) is 22.8. The number of nitrogens with zero attached hydrogens (tertiary/aromatic N) is 3. The lowest BCUT2D eigenvalue weighted by Crippen LogP contribution is -2.46. The molecule has 11 heteroatoms. The van der Waals surface area contributed by atoms with Crippen LogP contribution in [0.2, 0.25) is 10.0 Å². The Kier molecular flexibility index (Phi) is 9.12. The molecule has 0 aliphatic carbocycles. The first kappa shape index (κ1) is 28.1. The van der Waals surface area contributed by atoms with Gasteiger partial charge in [0.1, 0.15) is 18.2 Å². The number of ether oxygens (including phenoxy) is 2. The molecule has 204 valence electrons. The number of benzene rings is 2. The number of hydrogen-bond donors (Lipinski definition) is 0. The third kappa shape index (κ3) is 6.39. The summed E-state index contributed by atoms with van der Waals surface area (Å²) < 4.78 is 23.7. The number of amides is 3. The molecule has 0 saturated carbocycles. The zero-order valence-electron chi connectivity index (χ0n) is 21.2. The van der Waals surface area contributed by atoms with E-state index in [2.05, 4.69) is 0 Å². The van der Waals surface area contributed by atoms with Gasteiger partial charge in [-0.15, -0.1) is 0 Å². The number of piperidine rings is 1. The first-order valence-electron chi connectivity index (χ1n) is 12.4. The molecule has 2 aromatic carbocycles. The molecule has 0 N–H and O–H groups in total.